The summed E-state index contributed by atoms with van der Waals surface area (Å²) in [6, 6.07) is 10.2. The van der Waals surface area contributed by atoms with Crippen molar-refractivity contribution in [1.29, 1.82) is 0 Å². The summed E-state index contributed by atoms with van der Waals surface area (Å²) < 4.78 is 1.73. The molecule has 1 saturated heterocycles. The Morgan fingerprint density at radius 1 is 1.32 bits per heavy atom. The van der Waals surface area contributed by atoms with Gasteiger partial charge in [-0.25, -0.2) is 4.68 Å². The first-order valence-electron chi connectivity index (χ1n) is 8.49. The quantitative estimate of drug-likeness (QED) is 0.875. The molecule has 1 aliphatic heterocycles. The average molecular weight is 364 g/mol. The zero-order chi connectivity index (χ0) is 17.2. The molecule has 7 heteroatoms. The van der Waals surface area contributed by atoms with Gasteiger partial charge in [0.1, 0.15) is 5.69 Å². The molecule has 2 atom stereocenters. The van der Waals surface area contributed by atoms with Crippen molar-refractivity contribution >= 4 is 18.3 Å². The highest BCUT2D eigenvalue weighted by Crippen LogP contribution is 2.22. The highest BCUT2D eigenvalue weighted by Gasteiger charge is 2.31. The molecule has 6 nitrogen and oxygen atoms in total. The van der Waals surface area contributed by atoms with E-state index < -0.39 is 5.54 Å². The molecule has 0 aliphatic carbocycles. The lowest BCUT2D eigenvalue weighted by Crippen LogP contribution is -2.48. The van der Waals surface area contributed by atoms with Gasteiger partial charge in [0.15, 0.2) is 0 Å². The minimum atomic E-state index is -0.557. The zero-order valence-corrected chi connectivity index (χ0v) is 15.7. The summed E-state index contributed by atoms with van der Waals surface area (Å²) in [5.41, 5.74) is 1.14. The number of carbonyl (C=O) groups excluding carboxylic acids is 1. The fourth-order valence-corrected chi connectivity index (χ4v) is 3.10. The third-order valence-corrected chi connectivity index (χ3v) is 4.58. The standard InChI is InChI=1S/C18H25N5O.ClH/c1-13-11-14(9-10-19-13)17(24)20-18(2,3)16-12-23(22-21-16)15-7-5-4-6-8-15;/h4-8,12-14,19H,9-11H2,1-3H3,(H,20,24);1H/t13-,14-;/m0./s1. The Hall–Kier alpha value is -1.92. The number of halogens is 1. The maximum atomic E-state index is 12.6. The molecule has 2 aromatic rings. The number of carbonyl (C=O) groups is 1. The van der Waals surface area contributed by atoms with E-state index in [1.54, 1.807) is 4.68 Å². The number of benzene rings is 1. The number of aromatic nitrogens is 3. The van der Waals surface area contributed by atoms with E-state index in [1.165, 1.54) is 0 Å². The van der Waals surface area contributed by atoms with E-state index in [-0.39, 0.29) is 24.2 Å². The predicted octanol–water partition coefficient (Wildman–Crippen LogP) is 2.43. The third kappa shape index (κ3) is 4.58. The van der Waals surface area contributed by atoms with Crippen LogP contribution in [0.1, 0.15) is 39.3 Å². The number of hydrogen-bond acceptors (Lipinski definition) is 4. The Balaban J connectivity index is 0.00000225. The molecular weight excluding hydrogens is 338 g/mol. The molecule has 0 spiro atoms. The van der Waals surface area contributed by atoms with Crippen LogP contribution in [0, 0.1) is 5.92 Å². The van der Waals surface area contributed by atoms with Crippen molar-refractivity contribution in [2.24, 2.45) is 5.92 Å². The highest BCUT2D eigenvalue weighted by atomic mass is 35.5. The molecule has 1 aromatic heterocycles. The third-order valence-electron chi connectivity index (χ3n) is 4.58. The van der Waals surface area contributed by atoms with Crippen molar-refractivity contribution in [2.75, 3.05) is 6.54 Å². The van der Waals surface area contributed by atoms with Crippen molar-refractivity contribution in [3.8, 4) is 5.69 Å². The number of nitrogens with one attached hydrogen (secondary N) is 2. The molecule has 0 saturated carbocycles. The number of amides is 1. The Morgan fingerprint density at radius 2 is 2.04 bits per heavy atom. The number of piperidine rings is 1. The van der Waals surface area contributed by atoms with Gasteiger partial charge in [-0.1, -0.05) is 23.4 Å². The molecule has 1 amide bonds. The maximum absolute atomic E-state index is 12.6. The van der Waals surface area contributed by atoms with E-state index in [0.717, 1.165) is 30.8 Å². The first-order chi connectivity index (χ1) is 11.5. The van der Waals surface area contributed by atoms with Crippen molar-refractivity contribution in [3.63, 3.8) is 0 Å². The fourth-order valence-electron chi connectivity index (χ4n) is 3.10. The molecular formula is C18H26ClN5O. The van der Waals surface area contributed by atoms with Crippen LogP contribution in [-0.4, -0.2) is 33.5 Å². The molecule has 136 valence electrons. The van der Waals surface area contributed by atoms with Crippen LogP contribution >= 0.6 is 12.4 Å². The van der Waals surface area contributed by atoms with Crippen LogP contribution in [0.3, 0.4) is 0 Å². The predicted molar refractivity (Wildman–Crippen MR) is 100.0 cm³/mol. The normalized spacial score (nSPS) is 20.6. The molecule has 25 heavy (non-hydrogen) atoms. The molecule has 1 fully saturated rings. The van der Waals surface area contributed by atoms with Gasteiger partial charge in [-0.3, -0.25) is 4.79 Å². The van der Waals surface area contributed by atoms with Crippen molar-refractivity contribution < 1.29 is 4.79 Å². The van der Waals surface area contributed by atoms with Crippen molar-refractivity contribution in [2.45, 2.75) is 45.2 Å². The summed E-state index contributed by atoms with van der Waals surface area (Å²) in [6.45, 7) is 6.95. The Kier molecular flexibility index (Phi) is 6.19. The van der Waals surface area contributed by atoms with E-state index in [1.807, 2.05) is 50.4 Å². The van der Waals surface area contributed by atoms with Crippen LogP contribution < -0.4 is 10.6 Å². The number of hydrogen-bond donors (Lipinski definition) is 2. The Labute approximate surface area is 154 Å². The lowest BCUT2D eigenvalue weighted by molar-refractivity contribution is -0.127. The van der Waals surface area contributed by atoms with E-state index in [2.05, 4.69) is 27.9 Å². The van der Waals surface area contributed by atoms with Crippen LogP contribution in [0.4, 0.5) is 0 Å². The Bertz CT molecular complexity index is 701. The van der Waals surface area contributed by atoms with Gasteiger partial charge >= 0.3 is 0 Å². The molecule has 2 heterocycles. The second-order valence-corrected chi connectivity index (χ2v) is 7.07. The zero-order valence-electron chi connectivity index (χ0n) is 14.9. The van der Waals surface area contributed by atoms with Gasteiger partial charge in [-0.05, 0) is 52.3 Å². The molecule has 0 bridgehead atoms. The lowest BCUT2D eigenvalue weighted by Gasteiger charge is -2.31. The van der Waals surface area contributed by atoms with Gasteiger partial charge in [-0.2, -0.15) is 0 Å². The van der Waals surface area contributed by atoms with Gasteiger partial charge in [0.05, 0.1) is 17.4 Å². The number of rotatable bonds is 4. The van der Waals surface area contributed by atoms with Gasteiger partial charge < -0.3 is 10.6 Å². The second kappa shape index (κ2) is 7.97. The molecule has 1 aliphatic rings. The van der Waals surface area contributed by atoms with Crippen LogP contribution in [-0.2, 0) is 10.3 Å². The molecule has 0 radical (unpaired) electrons. The SMILES string of the molecule is C[C@H]1C[C@@H](C(=O)NC(C)(C)c2cn(-c3ccccc3)nn2)CCN1.Cl. The smallest absolute Gasteiger partial charge is 0.223 e. The maximum Gasteiger partial charge on any atom is 0.223 e. The van der Waals surface area contributed by atoms with Crippen molar-refractivity contribution in [3.05, 3.63) is 42.2 Å². The van der Waals surface area contributed by atoms with Crippen molar-refractivity contribution in [1.82, 2.24) is 25.6 Å². The summed E-state index contributed by atoms with van der Waals surface area (Å²) in [6.07, 6.45) is 3.63. The Morgan fingerprint density at radius 3 is 2.72 bits per heavy atom. The molecule has 0 unspecified atom stereocenters. The van der Waals surface area contributed by atoms with E-state index in [4.69, 9.17) is 0 Å². The minimum absolute atomic E-state index is 0. The largest absolute Gasteiger partial charge is 0.345 e. The minimum Gasteiger partial charge on any atom is -0.345 e. The molecule has 1 aromatic carbocycles. The number of nitrogens with zero attached hydrogens (tertiary/aromatic N) is 3. The second-order valence-electron chi connectivity index (χ2n) is 7.07. The van der Waals surface area contributed by atoms with Crippen LogP contribution in [0.25, 0.3) is 5.69 Å². The first-order valence-corrected chi connectivity index (χ1v) is 8.49. The monoisotopic (exact) mass is 363 g/mol. The molecule has 3 rings (SSSR count). The van der Waals surface area contributed by atoms with Crippen LogP contribution in [0.15, 0.2) is 36.5 Å². The molecule has 2 N–H and O–H groups in total. The highest BCUT2D eigenvalue weighted by molar-refractivity contribution is 5.85. The van der Waals surface area contributed by atoms with Gasteiger partial charge in [0, 0.05) is 12.0 Å². The van der Waals surface area contributed by atoms with Gasteiger partial charge in [0.2, 0.25) is 5.91 Å². The van der Waals surface area contributed by atoms with E-state index >= 15 is 0 Å². The van der Waals surface area contributed by atoms with Gasteiger partial charge in [0.25, 0.3) is 0 Å². The topological polar surface area (TPSA) is 71.8 Å². The number of para-hydroxylation sites is 1. The van der Waals surface area contributed by atoms with E-state index in [9.17, 15) is 4.79 Å². The van der Waals surface area contributed by atoms with E-state index in [0.29, 0.717) is 6.04 Å². The summed E-state index contributed by atoms with van der Waals surface area (Å²) in [7, 11) is 0. The summed E-state index contributed by atoms with van der Waals surface area (Å²) in [5, 5.41) is 15.0. The van der Waals surface area contributed by atoms with Crippen LogP contribution in [0.2, 0.25) is 0 Å². The van der Waals surface area contributed by atoms with Gasteiger partial charge in [-0.15, -0.1) is 17.5 Å². The summed E-state index contributed by atoms with van der Waals surface area (Å²) in [5.74, 6) is 0.160. The first kappa shape index (κ1) is 19.4. The fraction of sp³-hybridized carbons (Fsp3) is 0.500. The average Bonchev–Trinajstić information content (AvgIpc) is 3.06. The summed E-state index contributed by atoms with van der Waals surface area (Å²) >= 11 is 0. The van der Waals surface area contributed by atoms with Crippen LogP contribution in [0.5, 0.6) is 0 Å². The summed E-state index contributed by atoms with van der Waals surface area (Å²) in [4.78, 5) is 12.6. The lowest BCUT2D eigenvalue weighted by atomic mass is 9.91.